The number of hydrogen-bond acceptors (Lipinski definition) is 4. The van der Waals surface area contributed by atoms with Crippen molar-refractivity contribution in [1.82, 2.24) is 14.8 Å². The monoisotopic (exact) mass is 244 g/mol. The third-order valence-corrected chi connectivity index (χ3v) is 3.34. The van der Waals surface area contributed by atoms with E-state index in [-0.39, 0.29) is 17.5 Å². The molecule has 2 unspecified atom stereocenters. The maximum Gasteiger partial charge on any atom is 0.259 e. The highest BCUT2D eigenvalue weighted by molar-refractivity contribution is 5.77. The van der Waals surface area contributed by atoms with E-state index in [9.17, 15) is 10.1 Å². The second-order valence-electron chi connectivity index (χ2n) is 4.36. The lowest BCUT2D eigenvalue weighted by Crippen LogP contribution is -2.30. The number of nitrogens with zero attached hydrogens (tertiary/aromatic N) is 3. The second kappa shape index (κ2) is 4.27. The molecule has 1 fully saturated rings. The van der Waals surface area contributed by atoms with E-state index in [1.807, 2.05) is 0 Å². The molecule has 0 spiro atoms. The van der Waals surface area contributed by atoms with E-state index in [1.165, 1.54) is 6.20 Å². The minimum Gasteiger partial charge on any atom is -0.379 e. The summed E-state index contributed by atoms with van der Waals surface area (Å²) < 4.78 is 7.15. The number of nitriles is 1. The average molecular weight is 244 g/mol. The number of aromatic nitrogens is 3. The third kappa shape index (κ3) is 1.60. The molecule has 6 heteroatoms. The van der Waals surface area contributed by atoms with E-state index >= 15 is 0 Å². The summed E-state index contributed by atoms with van der Waals surface area (Å²) in [6, 6.07) is 3.97. The minimum atomic E-state index is -0.163. The summed E-state index contributed by atoms with van der Waals surface area (Å²) in [6.45, 7) is 1.07. The van der Waals surface area contributed by atoms with Crippen LogP contribution in [0.15, 0.2) is 23.3 Å². The van der Waals surface area contributed by atoms with E-state index < -0.39 is 0 Å². The van der Waals surface area contributed by atoms with Crippen molar-refractivity contribution in [2.24, 2.45) is 5.92 Å². The number of pyridine rings is 1. The topological polar surface area (TPSA) is 83.7 Å². The van der Waals surface area contributed by atoms with Crippen LogP contribution >= 0.6 is 0 Å². The number of nitrogens with one attached hydrogen (secondary N) is 1. The second-order valence-corrected chi connectivity index (χ2v) is 4.36. The van der Waals surface area contributed by atoms with Crippen LogP contribution in [0, 0.1) is 17.2 Å². The highest BCUT2D eigenvalue weighted by Gasteiger charge is 2.29. The summed E-state index contributed by atoms with van der Waals surface area (Å²) in [5.74, 6) is -0.124. The SMILES string of the molecule is N#CC1CCOCC1n1ncc2c(=O)[nH]ccc21. The van der Waals surface area contributed by atoms with Crippen LogP contribution in [-0.2, 0) is 4.74 Å². The van der Waals surface area contributed by atoms with Gasteiger partial charge in [-0.1, -0.05) is 0 Å². The molecule has 6 nitrogen and oxygen atoms in total. The van der Waals surface area contributed by atoms with Crippen LogP contribution in [0.3, 0.4) is 0 Å². The smallest absolute Gasteiger partial charge is 0.259 e. The van der Waals surface area contributed by atoms with E-state index in [0.29, 0.717) is 25.0 Å². The van der Waals surface area contributed by atoms with Crippen molar-refractivity contribution >= 4 is 10.9 Å². The number of rotatable bonds is 1. The molecule has 1 aliphatic heterocycles. The van der Waals surface area contributed by atoms with Crippen molar-refractivity contribution in [2.75, 3.05) is 13.2 Å². The van der Waals surface area contributed by atoms with Crippen molar-refractivity contribution in [1.29, 1.82) is 5.26 Å². The summed E-state index contributed by atoms with van der Waals surface area (Å²) in [6.07, 6.45) is 3.83. The van der Waals surface area contributed by atoms with Gasteiger partial charge >= 0.3 is 0 Å². The van der Waals surface area contributed by atoms with Crippen molar-refractivity contribution in [3.8, 4) is 6.07 Å². The van der Waals surface area contributed by atoms with Gasteiger partial charge in [0.25, 0.3) is 5.56 Å². The van der Waals surface area contributed by atoms with Crippen LogP contribution in [0.4, 0.5) is 0 Å². The Labute approximate surface area is 103 Å². The Balaban J connectivity index is 2.11. The summed E-state index contributed by atoms with van der Waals surface area (Å²) in [5.41, 5.74) is 0.582. The molecule has 3 rings (SSSR count). The van der Waals surface area contributed by atoms with Gasteiger partial charge in [-0.15, -0.1) is 0 Å². The lowest BCUT2D eigenvalue weighted by molar-refractivity contribution is 0.0357. The Morgan fingerprint density at radius 3 is 3.33 bits per heavy atom. The van der Waals surface area contributed by atoms with Crippen LogP contribution in [0.5, 0.6) is 0 Å². The molecule has 0 amide bonds. The molecule has 2 atom stereocenters. The van der Waals surface area contributed by atoms with Gasteiger partial charge in [-0.05, 0) is 12.5 Å². The van der Waals surface area contributed by atoms with Crippen LogP contribution < -0.4 is 5.56 Å². The summed E-state index contributed by atoms with van der Waals surface area (Å²) >= 11 is 0. The molecule has 1 N–H and O–H groups in total. The lowest BCUT2D eigenvalue weighted by Gasteiger charge is -2.27. The molecule has 92 valence electrons. The van der Waals surface area contributed by atoms with E-state index in [1.54, 1.807) is 16.9 Å². The fourth-order valence-electron chi connectivity index (χ4n) is 2.37. The predicted octanol–water partition coefficient (Wildman–Crippen LogP) is 0.826. The molecule has 2 aromatic heterocycles. The Morgan fingerprint density at radius 2 is 2.50 bits per heavy atom. The lowest BCUT2D eigenvalue weighted by atomic mass is 9.96. The quantitative estimate of drug-likeness (QED) is 0.805. The third-order valence-electron chi connectivity index (χ3n) is 3.34. The highest BCUT2D eigenvalue weighted by atomic mass is 16.5. The average Bonchev–Trinajstić information content (AvgIpc) is 2.84. The largest absolute Gasteiger partial charge is 0.379 e. The molecule has 0 bridgehead atoms. The zero-order valence-corrected chi connectivity index (χ0v) is 9.67. The van der Waals surface area contributed by atoms with E-state index in [4.69, 9.17) is 4.74 Å². The molecule has 2 aromatic rings. The molecule has 0 radical (unpaired) electrons. The summed E-state index contributed by atoms with van der Waals surface area (Å²) in [5, 5.41) is 14.0. The van der Waals surface area contributed by atoms with Crippen molar-refractivity contribution in [2.45, 2.75) is 12.5 Å². The zero-order valence-electron chi connectivity index (χ0n) is 9.67. The van der Waals surface area contributed by atoms with Gasteiger partial charge in [-0.3, -0.25) is 9.48 Å². The first-order valence-electron chi connectivity index (χ1n) is 5.83. The molecule has 1 saturated heterocycles. The maximum absolute atomic E-state index is 11.6. The van der Waals surface area contributed by atoms with Gasteiger partial charge in [0.1, 0.15) is 0 Å². The number of H-pyrrole nitrogens is 1. The Morgan fingerprint density at radius 1 is 1.61 bits per heavy atom. The molecular weight excluding hydrogens is 232 g/mol. The van der Waals surface area contributed by atoms with E-state index in [2.05, 4.69) is 16.2 Å². The van der Waals surface area contributed by atoms with Crippen molar-refractivity contribution in [3.63, 3.8) is 0 Å². The van der Waals surface area contributed by atoms with Crippen LogP contribution in [0.1, 0.15) is 12.5 Å². The normalized spacial score (nSPS) is 23.9. The van der Waals surface area contributed by atoms with E-state index in [0.717, 1.165) is 5.52 Å². The molecule has 0 aliphatic carbocycles. The summed E-state index contributed by atoms with van der Waals surface area (Å²) in [7, 11) is 0. The number of ether oxygens (including phenoxy) is 1. The predicted molar refractivity (Wildman–Crippen MR) is 63.9 cm³/mol. The van der Waals surface area contributed by atoms with Gasteiger partial charge < -0.3 is 9.72 Å². The molecule has 1 aliphatic rings. The van der Waals surface area contributed by atoms with Crippen LogP contribution in [0.2, 0.25) is 0 Å². The first kappa shape index (κ1) is 11.0. The zero-order chi connectivity index (χ0) is 12.5. The first-order chi connectivity index (χ1) is 8.81. The molecule has 18 heavy (non-hydrogen) atoms. The number of fused-ring (bicyclic) bond motifs is 1. The van der Waals surface area contributed by atoms with Crippen molar-refractivity contribution in [3.05, 3.63) is 28.8 Å². The minimum absolute atomic E-state index is 0.122. The molecular formula is C12H12N4O2. The number of aromatic amines is 1. The standard InChI is InChI=1S/C12H12N4O2/c13-5-8-2-4-18-7-11(8)16-10-1-3-14-12(17)9(10)6-15-16/h1,3,6,8,11H,2,4,7H2,(H,14,17). The fraction of sp³-hybridized carbons (Fsp3) is 0.417. The van der Waals surface area contributed by atoms with Gasteiger partial charge in [-0.25, -0.2) is 0 Å². The maximum atomic E-state index is 11.6. The fourth-order valence-corrected chi connectivity index (χ4v) is 2.37. The summed E-state index contributed by atoms with van der Waals surface area (Å²) in [4.78, 5) is 14.2. The molecule has 3 heterocycles. The van der Waals surface area contributed by atoms with Gasteiger partial charge in [0.15, 0.2) is 0 Å². The van der Waals surface area contributed by atoms with Crippen molar-refractivity contribution < 1.29 is 4.74 Å². The van der Waals surface area contributed by atoms with Gasteiger partial charge in [0, 0.05) is 12.8 Å². The van der Waals surface area contributed by atoms with Gasteiger partial charge in [-0.2, -0.15) is 10.4 Å². The Bertz CT molecular complexity index is 667. The van der Waals surface area contributed by atoms with Crippen LogP contribution in [0.25, 0.3) is 10.9 Å². The number of hydrogen-bond donors (Lipinski definition) is 1. The Kier molecular flexibility index (Phi) is 2.61. The van der Waals surface area contributed by atoms with Crippen LogP contribution in [-0.4, -0.2) is 28.0 Å². The van der Waals surface area contributed by atoms with Gasteiger partial charge in [0.2, 0.25) is 0 Å². The Hall–Kier alpha value is -2.13. The first-order valence-corrected chi connectivity index (χ1v) is 5.83. The molecule has 0 saturated carbocycles. The highest BCUT2D eigenvalue weighted by Crippen LogP contribution is 2.27. The van der Waals surface area contributed by atoms with Gasteiger partial charge in [0.05, 0.1) is 41.7 Å². The molecule has 0 aromatic carbocycles.